The number of nitro groups is 1. The molecule has 0 radical (unpaired) electrons. The van der Waals surface area contributed by atoms with Crippen molar-refractivity contribution in [3.8, 4) is 0 Å². The molecule has 0 spiro atoms. The first-order valence-corrected chi connectivity index (χ1v) is 7.35. The minimum Gasteiger partial charge on any atom is -0.423 e. The number of fused-ring (bicyclic) bond motifs is 1. The van der Waals surface area contributed by atoms with Crippen LogP contribution in [-0.4, -0.2) is 16.5 Å². The Morgan fingerprint density at radius 1 is 1.38 bits per heavy atom. The number of nitro benzene ring substituents is 1. The molecule has 2 aromatic rings. The average molecular weight is 289 g/mol. The number of nitrogens with zero attached hydrogens (tertiary/aromatic N) is 2. The number of nitrogens with one attached hydrogen (secondary N) is 1. The number of para-hydroxylation sites is 1. The molecule has 1 aromatic heterocycles. The first-order valence-electron chi connectivity index (χ1n) is 7.35. The molecule has 6 nitrogen and oxygen atoms in total. The number of rotatable bonds is 4. The zero-order valence-electron chi connectivity index (χ0n) is 12.1. The van der Waals surface area contributed by atoms with E-state index in [2.05, 4.69) is 17.2 Å². The van der Waals surface area contributed by atoms with Crippen LogP contribution in [0.3, 0.4) is 0 Å². The fourth-order valence-corrected chi connectivity index (χ4v) is 3.03. The van der Waals surface area contributed by atoms with Crippen molar-refractivity contribution in [2.75, 3.05) is 11.9 Å². The van der Waals surface area contributed by atoms with E-state index in [1.165, 1.54) is 38.2 Å². The van der Waals surface area contributed by atoms with Gasteiger partial charge in [0, 0.05) is 12.6 Å². The third kappa shape index (κ3) is 2.84. The van der Waals surface area contributed by atoms with Crippen LogP contribution in [-0.2, 0) is 0 Å². The van der Waals surface area contributed by atoms with Gasteiger partial charge in [0.1, 0.15) is 0 Å². The summed E-state index contributed by atoms with van der Waals surface area (Å²) in [4.78, 5) is 14.8. The van der Waals surface area contributed by atoms with Crippen LogP contribution in [0.25, 0.3) is 11.1 Å². The van der Waals surface area contributed by atoms with E-state index in [4.69, 9.17) is 4.42 Å². The summed E-state index contributed by atoms with van der Waals surface area (Å²) in [5, 5.41) is 14.2. The van der Waals surface area contributed by atoms with Gasteiger partial charge in [0.25, 0.3) is 11.7 Å². The highest BCUT2D eigenvalue weighted by molar-refractivity contribution is 5.83. The van der Waals surface area contributed by atoms with Crippen molar-refractivity contribution in [3.05, 3.63) is 28.3 Å². The SMILES string of the molecule is CC1(CNc2nc3c([N+](=O)[O-])cccc3o2)CCCCC1. The molecule has 3 rings (SSSR count). The van der Waals surface area contributed by atoms with E-state index in [1.54, 1.807) is 12.1 Å². The quantitative estimate of drug-likeness (QED) is 0.676. The lowest BCUT2D eigenvalue weighted by Gasteiger charge is -2.33. The second-order valence-corrected chi connectivity index (χ2v) is 6.12. The first-order chi connectivity index (χ1) is 10.1. The van der Waals surface area contributed by atoms with Crippen LogP contribution >= 0.6 is 0 Å². The summed E-state index contributed by atoms with van der Waals surface area (Å²) in [6, 6.07) is 5.11. The lowest BCUT2D eigenvalue weighted by Crippen LogP contribution is -2.28. The molecule has 0 bridgehead atoms. The van der Waals surface area contributed by atoms with Gasteiger partial charge in [-0.25, -0.2) is 0 Å². The predicted molar refractivity (Wildman–Crippen MR) is 80.3 cm³/mol. The zero-order valence-corrected chi connectivity index (χ0v) is 12.1. The lowest BCUT2D eigenvalue weighted by atomic mass is 9.76. The molecule has 1 aliphatic rings. The number of anilines is 1. The topological polar surface area (TPSA) is 81.2 Å². The van der Waals surface area contributed by atoms with E-state index in [-0.39, 0.29) is 11.1 Å². The molecule has 1 aromatic carbocycles. The maximum Gasteiger partial charge on any atom is 0.298 e. The van der Waals surface area contributed by atoms with E-state index in [9.17, 15) is 10.1 Å². The maximum atomic E-state index is 11.0. The Labute approximate surface area is 122 Å². The third-order valence-corrected chi connectivity index (χ3v) is 4.32. The molecule has 1 N–H and O–H groups in total. The normalized spacial score (nSPS) is 17.8. The monoisotopic (exact) mass is 289 g/mol. The lowest BCUT2D eigenvalue weighted by molar-refractivity contribution is -0.383. The number of non-ortho nitro benzene ring substituents is 1. The van der Waals surface area contributed by atoms with Crippen molar-refractivity contribution in [1.82, 2.24) is 4.98 Å². The van der Waals surface area contributed by atoms with Gasteiger partial charge in [-0.2, -0.15) is 4.98 Å². The molecule has 1 fully saturated rings. The average Bonchev–Trinajstić information content (AvgIpc) is 2.88. The molecule has 6 heteroatoms. The van der Waals surface area contributed by atoms with E-state index in [1.807, 2.05) is 0 Å². The van der Waals surface area contributed by atoms with Gasteiger partial charge in [-0.1, -0.05) is 32.3 Å². The molecule has 0 amide bonds. The highest BCUT2D eigenvalue weighted by Gasteiger charge is 2.27. The number of hydrogen-bond acceptors (Lipinski definition) is 5. The van der Waals surface area contributed by atoms with E-state index < -0.39 is 4.92 Å². The highest BCUT2D eigenvalue weighted by atomic mass is 16.6. The van der Waals surface area contributed by atoms with Crippen LogP contribution < -0.4 is 5.32 Å². The number of benzene rings is 1. The molecule has 21 heavy (non-hydrogen) atoms. The molecule has 1 aliphatic carbocycles. The van der Waals surface area contributed by atoms with Gasteiger partial charge in [-0.3, -0.25) is 10.1 Å². The van der Waals surface area contributed by atoms with Crippen molar-refractivity contribution < 1.29 is 9.34 Å². The van der Waals surface area contributed by atoms with Crippen molar-refractivity contribution in [1.29, 1.82) is 0 Å². The van der Waals surface area contributed by atoms with Crippen molar-refractivity contribution in [3.63, 3.8) is 0 Å². The first kappa shape index (κ1) is 13.9. The maximum absolute atomic E-state index is 11.0. The molecular weight excluding hydrogens is 270 g/mol. The Kier molecular flexibility index (Phi) is 3.53. The van der Waals surface area contributed by atoms with Crippen LogP contribution in [0.1, 0.15) is 39.0 Å². The molecular formula is C15H19N3O3. The van der Waals surface area contributed by atoms with E-state index in [0.717, 1.165) is 6.54 Å². The Morgan fingerprint density at radius 3 is 2.86 bits per heavy atom. The number of hydrogen-bond donors (Lipinski definition) is 1. The van der Waals surface area contributed by atoms with Gasteiger partial charge in [-0.15, -0.1) is 0 Å². The summed E-state index contributed by atoms with van der Waals surface area (Å²) in [5.74, 6) is 0. The van der Waals surface area contributed by atoms with Crippen LogP contribution in [0.15, 0.2) is 22.6 Å². The second kappa shape index (κ2) is 5.35. The molecule has 0 unspecified atom stereocenters. The minimum atomic E-state index is -0.433. The molecule has 112 valence electrons. The summed E-state index contributed by atoms with van der Waals surface area (Å²) in [6.45, 7) is 3.05. The Hall–Kier alpha value is -2.11. The van der Waals surface area contributed by atoms with Gasteiger partial charge in [0.05, 0.1) is 4.92 Å². The third-order valence-electron chi connectivity index (χ3n) is 4.32. The zero-order chi connectivity index (χ0) is 14.9. The summed E-state index contributed by atoms with van der Waals surface area (Å²) in [5.41, 5.74) is 0.984. The Morgan fingerprint density at radius 2 is 2.14 bits per heavy atom. The molecule has 0 saturated heterocycles. The molecule has 1 heterocycles. The van der Waals surface area contributed by atoms with Crippen LogP contribution in [0, 0.1) is 15.5 Å². The molecule has 0 atom stereocenters. The molecule has 0 aliphatic heterocycles. The van der Waals surface area contributed by atoms with Gasteiger partial charge < -0.3 is 9.73 Å². The summed E-state index contributed by atoms with van der Waals surface area (Å²) >= 11 is 0. The summed E-state index contributed by atoms with van der Waals surface area (Å²) in [7, 11) is 0. The molecule has 1 saturated carbocycles. The van der Waals surface area contributed by atoms with Crippen LogP contribution in [0.2, 0.25) is 0 Å². The van der Waals surface area contributed by atoms with Gasteiger partial charge in [0.15, 0.2) is 11.1 Å². The fourth-order valence-electron chi connectivity index (χ4n) is 3.03. The smallest absolute Gasteiger partial charge is 0.298 e. The standard InChI is InChI=1S/C15H19N3O3/c1-15(8-3-2-4-9-15)10-16-14-17-13-11(18(19)20)6-5-7-12(13)21-14/h5-7H,2-4,8-10H2,1H3,(H,16,17). The Balaban J connectivity index is 1.78. The minimum absolute atomic E-state index is 0.0202. The number of oxazole rings is 1. The summed E-state index contributed by atoms with van der Waals surface area (Å²) in [6.07, 6.45) is 6.22. The van der Waals surface area contributed by atoms with E-state index in [0.29, 0.717) is 17.1 Å². The van der Waals surface area contributed by atoms with Crippen molar-refractivity contribution in [2.45, 2.75) is 39.0 Å². The van der Waals surface area contributed by atoms with Gasteiger partial charge >= 0.3 is 0 Å². The highest BCUT2D eigenvalue weighted by Crippen LogP contribution is 2.36. The van der Waals surface area contributed by atoms with Gasteiger partial charge in [0.2, 0.25) is 0 Å². The van der Waals surface area contributed by atoms with Crippen molar-refractivity contribution in [2.24, 2.45) is 5.41 Å². The van der Waals surface area contributed by atoms with Gasteiger partial charge in [-0.05, 0) is 24.3 Å². The van der Waals surface area contributed by atoms with Crippen LogP contribution in [0.4, 0.5) is 11.7 Å². The van der Waals surface area contributed by atoms with Crippen molar-refractivity contribution >= 4 is 22.8 Å². The Bertz CT molecular complexity index is 659. The summed E-state index contributed by atoms with van der Waals surface area (Å²) < 4.78 is 5.57. The fraction of sp³-hybridized carbons (Fsp3) is 0.533. The number of aromatic nitrogens is 1. The largest absolute Gasteiger partial charge is 0.423 e. The second-order valence-electron chi connectivity index (χ2n) is 6.12. The van der Waals surface area contributed by atoms with Crippen LogP contribution in [0.5, 0.6) is 0 Å². The van der Waals surface area contributed by atoms with E-state index >= 15 is 0 Å². The predicted octanol–water partition coefficient (Wildman–Crippen LogP) is 4.12.